The number of rotatable bonds is 2. The molecule has 0 spiro atoms. The minimum absolute atomic E-state index is 0.140. The summed E-state index contributed by atoms with van der Waals surface area (Å²) in [5.41, 5.74) is 6.15. The zero-order valence-corrected chi connectivity index (χ0v) is 17.8. The Kier molecular flexibility index (Phi) is 4.42. The van der Waals surface area contributed by atoms with Gasteiger partial charge < -0.3 is 14.4 Å². The number of hydrogen-bond acceptors (Lipinski definition) is 3. The smallest absolute Gasteiger partial charge is 0.259 e. The molecule has 0 saturated carbocycles. The molecular formula is C25H27N3O2. The topological polar surface area (TPSA) is 45.5 Å². The van der Waals surface area contributed by atoms with Crippen LogP contribution >= 0.6 is 0 Å². The van der Waals surface area contributed by atoms with E-state index in [4.69, 9.17) is 0 Å². The van der Waals surface area contributed by atoms with E-state index in [0.717, 1.165) is 25.0 Å². The molecule has 2 aliphatic rings. The Morgan fingerprint density at radius 1 is 1.00 bits per heavy atom. The third-order valence-corrected chi connectivity index (χ3v) is 6.84. The van der Waals surface area contributed by atoms with Crippen molar-refractivity contribution in [2.24, 2.45) is 0 Å². The minimum atomic E-state index is -0.143. The SMILES string of the molecule is Cc1cccc(N2CCN(C(=O)c3cn4c5c(cccc5c3=O)C[C@@H]4C)CC2)c1C. The summed E-state index contributed by atoms with van der Waals surface area (Å²) in [7, 11) is 0. The summed E-state index contributed by atoms with van der Waals surface area (Å²) in [5.74, 6) is -0.143. The van der Waals surface area contributed by atoms with Crippen LogP contribution in [0.15, 0.2) is 47.4 Å². The van der Waals surface area contributed by atoms with Gasteiger partial charge in [-0.1, -0.05) is 24.3 Å². The van der Waals surface area contributed by atoms with Gasteiger partial charge in [-0.05, 0) is 56.0 Å². The van der Waals surface area contributed by atoms with Crippen molar-refractivity contribution >= 4 is 22.5 Å². The fourth-order valence-corrected chi connectivity index (χ4v) is 4.97. The van der Waals surface area contributed by atoms with Gasteiger partial charge in [0.2, 0.25) is 5.43 Å². The molecule has 1 atom stereocenters. The molecule has 5 nitrogen and oxygen atoms in total. The van der Waals surface area contributed by atoms with Crippen LogP contribution in [0.4, 0.5) is 5.69 Å². The van der Waals surface area contributed by atoms with E-state index >= 15 is 0 Å². The number of benzene rings is 2. The highest BCUT2D eigenvalue weighted by Gasteiger charge is 2.28. The van der Waals surface area contributed by atoms with E-state index < -0.39 is 0 Å². The number of hydrogen-bond donors (Lipinski definition) is 0. The average molecular weight is 402 g/mol. The van der Waals surface area contributed by atoms with E-state index in [1.807, 2.05) is 17.0 Å². The van der Waals surface area contributed by atoms with Gasteiger partial charge in [0.15, 0.2) is 0 Å². The molecular weight excluding hydrogens is 374 g/mol. The molecule has 0 N–H and O–H groups in total. The lowest BCUT2D eigenvalue weighted by atomic mass is 10.1. The highest BCUT2D eigenvalue weighted by atomic mass is 16.2. The quantitative estimate of drug-likeness (QED) is 0.658. The number of nitrogens with zero attached hydrogens (tertiary/aromatic N) is 3. The number of carbonyl (C=O) groups is 1. The summed E-state index contributed by atoms with van der Waals surface area (Å²) >= 11 is 0. The van der Waals surface area contributed by atoms with Crippen molar-refractivity contribution in [1.82, 2.24) is 9.47 Å². The second-order valence-corrected chi connectivity index (χ2v) is 8.64. The van der Waals surface area contributed by atoms with Gasteiger partial charge in [0, 0.05) is 49.5 Å². The number of carbonyl (C=O) groups excluding carboxylic acids is 1. The molecule has 5 heteroatoms. The van der Waals surface area contributed by atoms with Gasteiger partial charge >= 0.3 is 0 Å². The second-order valence-electron chi connectivity index (χ2n) is 8.64. The maximum absolute atomic E-state index is 13.3. The van der Waals surface area contributed by atoms with Gasteiger partial charge in [-0.15, -0.1) is 0 Å². The van der Waals surface area contributed by atoms with Crippen molar-refractivity contribution in [3.05, 3.63) is 75.1 Å². The first-order chi connectivity index (χ1) is 14.5. The Balaban J connectivity index is 1.42. The summed E-state index contributed by atoms with van der Waals surface area (Å²) < 4.78 is 2.12. The summed E-state index contributed by atoms with van der Waals surface area (Å²) in [5, 5.41) is 0.664. The maximum atomic E-state index is 13.3. The van der Waals surface area contributed by atoms with Crippen LogP contribution in [0.5, 0.6) is 0 Å². The average Bonchev–Trinajstić information content (AvgIpc) is 3.08. The first-order valence-electron chi connectivity index (χ1n) is 10.7. The Morgan fingerprint density at radius 3 is 2.50 bits per heavy atom. The van der Waals surface area contributed by atoms with Crippen LogP contribution in [-0.2, 0) is 6.42 Å². The number of para-hydroxylation sites is 1. The van der Waals surface area contributed by atoms with Gasteiger partial charge in [0.1, 0.15) is 5.56 Å². The van der Waals surface area contributed by atoms with E-state index in [0.29, 0.717) is 24.0 Å². The predicted molar refractivity (Wildman–Crippen MR) is 121 cm³/mol. The Hall–Kier alpha value is -3.08. The fourth-order valence-electron chi connectivity index (χ4n) is 4.97. The molecule has 0 radical (unpaired) electrons. The molecule has 3 heterocycles. The van der Waals surface area contributed by atoms with E-state index in [1.165, 1.54) is 22.4 Å². The molecule has 3 aromatic rings. The molecule has 0 aliphatic carbocycles. The van der Waals surface area contributed by atoms with E-state index in [-0.39, 0.29) is 17.4 Å². The van der Waals surface area contributed by atoms with Crippen LogP contribution in [0.2, 0.25) is 0 Å². The zero-order valence-electron chi connectivity index (χ0n) is 17.8. The van der Waals surface area contributed by atoms with Gasteiger partial charge in [-0.3, -0.25) is 9.59 Å². The van der Waals surface area contributed by atoms with Gasteiger partial charge in [-0.2, -0.15) is 0 Å². The fraction of sp³-hybridized carbons (Fsp3) is 0.360. The monoisotopic (exact) mass is 401 g/mol. The van der Waals surface area contributed by atoms with Crippen molar-refractivity contribution < 1.29 is 4.79 Å². The summed E-state index contributed by atoms with van der Waals surface area (Å²) in [4.78, 5) is 30.6. The molecule has 1 saturated heterocycles. The second kappa shape index (κ2) is 7.01. The van der Waals surface area contributed by atoms with Crippen LogP contribution in [0.3, 0.4) is 0 Å². The lowest BCUT2D eigenvalue weighted by Crippen LogP contribution is -2.49. The van der Waals surface area contributed by atoms with E-state index in [2.05, 4.69) is 54.5 Å². The molecule has 2 aromatic carbocycles. The Bertz CT molecular complexity index is 1220. The number of anilines is 1. The zero-order chi connectivity index (χ0) is 21.0. The molecule has 0 unspecified atom stereocenters. The largest absolute Gasteiger partial charge is 0.368 e. The highest BCUT2D eigenvalue weighted by molar-refractivity contribution is 5.98. The van der Waals surface area contributed by atoms with Crippen LogP contribution in [0, 0.1) is 13.8 Å². The van der Waals surface area contributed by atoms with Crippen LogP contribution in [-0.4, -0.2) is 41.6 Å². The molecule has 154 valence electrons. The highest BCUT2D eigenvalue weighted by Crippen LogP contribution is 2.31. The van der Waals surface area contributed by atoms with Crippen molar-refractivity contribution in [3.63, 3.8) is 0 Å². The minimum Gasteiger partial charge on any atom is -0.368 e. The molecule has 1 fully saturated rings. The summed E-state index contributed by atoms with van der Waals surface area (Å²) in [6.07, 6.45) is 2.70. The van der Waals surface area contributed by atoms with Gasteiger partial charge in [0.25, 0.3) is 5.91 Å². The van der Waals surface area contributed by atoms with Crippen molar-refractivity contribution in [1.29, 1.82) is 0 Å². The van der Waals surface area contributed by atoms with E-state index in [9.17, 15) is 9.59 Å². The summed E-state index contributed by atoms with van der Waals surface area (Å²) in [6.45, 7) is 9.22. The number of piperazine rings is 1. The lowest BCUT2D eigenvalue weighted by Gasteiger charge is -2.37. The number of aryl methyl sites for hydroxylation is 1. The van der Waals surface area contributed by atoms with E-state index in [1.54, 1.807) is 6.20 Å². The first-order valence-corrected chi connectivity index (χ1v) is 10.7. The van der Waals surface area contributed by atoms with Crippen molar-refractivity contribution in [2.75, 3.05) is 31.1 Å². The third kappa shape index (κ3) is 2.83. The Morgan fingerprint density at radius 2 is 1.73 bits per heavy atom. The standard InChI is InChI=1S/C25H27N3O2/c1-16-6-4-9-22(18(16)3)26-10-12-27(13-11-26)25(30)21-15-28-17(2)14-19-7-5-8-20(23(19)28)24(21)29/h4-9,15,17H,10-14H2,1-3H3/t17-/m0/s1. The number of pyridine rings is 1. The molecule has 30 heavy (non-hydrogen) atoms. The molecule has 1 aromatic heterocycles. The van der Waals surface area contributed by atoms with Crippen LogP contribution < -0.4 is 10.3 Å². The molecule has 0 bridgehead atoms. The van der Waals surface area contributed by atoms with Crippen LogP contribution in [0.1, 0.15) is 40.0 Å². The first kappa shape index (κ1) is 18.9. The van der Waals surface area contributed by atoms with Gasteiger partial charge in [-0.25, -0.2) is 0 Å². The molecule has 2 aliphatic heterocycles. The number of aromatic nitrogens is 1. The summed E-state index contributed by atoms with van der Waals surface area (Å²) in [6, 6.07) is 12.5. The lowest BCUT2D eigenvalue weighted by molar-refractivity contribution is 0.0745. The predicted octanol–water partition coefficient (Wildman–Crippen LogP) is 3.70. The van der Waals surface area contributed by atoms with Crippen molar-refractivity contribution in [3.8, 4) is 0 Å². The maximum Gasteiger partial charge on any atom is 0.259 e. The Labute approximate surface area is 176 Å². The van der Waals surface area contributed by atoms with Crippen molar-refractivity contribution in [2.45, 2.75) is 33.2 Å². The third-order valence-electron chi connectivity index (χ3n) is 6.84. The molecule has 5 rings (SSSR count). The van der Waals surface area contributed by atoms with Gasteiger partial charge in [0.05, 0.1) is 5.52 Å². The van der Waals surface area contributed by atoms with Crippen LogP contribution in [0.25, 0.3) is 10.9 Å². The molecule has 1 amide bonds. The normalized spacial score (nSPS) is 18.3. The number of amides is 1.